The van der Waals surface area contributed by atoms with Crippen LogP contribution in [0.4, 0.5) is 31.9 Å². The first kappa shape index (κ1) is 27.0. The Morgan fingerprint density at radius 3 is 2.83 bits per heavy atom. The molecule has 1 aromatic carbocycles. The first-order valence-electron chi connectivity index (χ1n) is 13.8. The molecule has 1 aliphatic carbocycles. The highest BCUT2D eigenvalue weighted by Crippen LogP contribution is 2.45. The topological polar surface area (TPSA) is 105 Å². The van der Waals surface area contributed by atoms with Crippen molar-refractivity contribution in [2.24, 2.45) is 17.8 Å². The van der Waals surface area contributed by atoms with Crippen LogP contribution in [-0.2, 0) is 6.54 Å². The van der Waals surface area contributed by atoms with Gasteiger partial charge in [-0.15, -0.1) is 0 Å². The summed E-state index contributed by atoms with van der Waals surface area (Å²) in [6.07, 6.45) is 3.91. The lowest BCUT2D eigenvalue weighted by Gasteiger charge is -2.35. The van der Waals surface area contributed by atoms with Crippen LogP contribution in [0.2, 0.25) is 5.02 Å². The van der Waals surface area contributed by atoms with Crippen molar-refractivity contribution in [3.8, 4) is 5.75 Å². The van der Waals surface area contributed by atoms with E-state index in [0.29, 0.717) is 65.2 Å². The minimum atomic E-state index is -3.11. The number of aliphatic hydroxyl groups is 1. The number of aryl methyl sites for hydroxylation is 1. The van der Waals surface area contributed by atoms with Gasteiger partial charge < -0.3 is 29.9 Å². The molecule has 6 rings (SSSR count). The van der Waals surface area contributed by atoms with Crippen LogP contribution < -0.4 is 25.8 Å². The lowest BCUT2D eigenvalue weighted by molar-refractivity contribution is -0.0579. The smallest absolute Gasteiger partial charge is 0.301 e. The number of alkyl halides is 2. The standard InChI is InChI=1S/C28H33ClF2N6O3/c1-3-37-21-7-6-18(33-25-20(29)10-32-27(35-25)36-11-15(2)8-16(12-36)13-38)9-19(21)22-23(26(37)39)40-14-28(30,31)24(34-22)17-4-5-17/h6-7,9-10,15-17,24,34,38H,3-5,8,11-14H2,1-2H3,(H,32,33,35)/t15-,16+,24+/m1/s1. The molecule has 0 radical (unpaired) electrons. The summed E-state index contributed by atoms with van der Waals surface area (Å²) < 4.78 is 37.1. The fourth-order valence-electron chi connectivity index (χ4n) is 6.02. The lowest BCUT2D eigenvalue weighted by atomic mass is 9.91. The molecule has 3 N–H and O–H groups in total. The largest absolute Gasteiger partial charge is 0.480 e. The zero-order valence-electron chi connectivity index (χ0n) is 22.5. The molecule has 3 aliphatic rings. The number of ether oxygens (including phenoxy) is 1. The first-order valence-corrected chi connectivity index (χ1v) is 14.2. The number of hydrogen-bond acceptors (Lipinski definition) is 8. The maximum Gasteiger partial charge on any atom is 0.301 e. The van der Waals surface area contributed by atoms with Gasteiger partial charge in [0.05, 0.1) is 23.4 Å². The van der Waals surface area contributed by atoms with Gasteiger partial charge in [-0.3, -0.25) is 4.79 Å². The summed E-state index contributed by atoms with van der Waals surface area (Å²) in [6.45, 7) is 5.00. The van der Waals surface area contributed by atoms with E-state index in [1.165, 1.54) is 4.57 Å². The van der Waals surface area contributed by atoms with Gasteiger partial charge in [-0.2, -0.15) is 4.98 Å². The Labute approximate surface area is 235 Å². The van der Waals surface area contributed by atoms with Gasteiger partial charge in [0.1, 0.15) is 5.02 Å². The van der Waals surface area contributed by atoms with Crippen molar-refractivity contribution in [3.63, 3.8) is 0 Å². The predicted octanol–water partition coefficient (Wildman–Crippen LogP) is 4.88. The van der Waals surface area contributed by atoms with Crippen molar-refractivity contribution in [1.82, 2.24) is 14.5 Å². The van der Waals surface area contributed by atoms with Gasteiger partial charge in [0.25, 0.3) is 5.56 Å². The summed E-state index contributed by atoms with van der Waals surface area (Å²) >= 11 is 6.48. The highest BCUT2D eigenvalue weighted by molar-refractivity contribution is 6.33. The summed E-state index contributed by atoms with van der Waals surface area (Å²) in [5.74, 6) is -1.94. The average molecular weight is 575 g/mol. The van der Waals surface area contributed by atoms with Crippen LogP contribution in [0, 0.1) is 17.8 Å². The SMILES string of the molecule is CCn1c(=O)c2c(c3cc(Nc4nc(N5C[C@H](C)C[C@H](CO)C5)ncc4Cl)ccc31)N[C@@H](C1CC1)C(F)(F)CO2. The second kappa shape index (κ2) is 10.3. The number of piperidine rings is 1. The van der Waals surface area contributed by atoms with E-state index in [1.54, 1.807) is 24.4 Å². The number of hydrogen-bond donors (Lipinski definition) is 3. The van der Waals surface area contributed by atoms with Crippen LogP contribution in [-0.4, -0.2) is 57.9 Å². The van der Waals surface area contributed by atoms with Crippen LogP contribution in [0.1, 0.15) is 33.1 Å². The third-order valence-electron chi connectivity index (χ3n) is 8.08. The van der Waals surface area contributed by atoms with E-state index in [2.05, 4.69) is 32.4 Å². The van der Waals surface area contributed by atoms with E-state index >= 15 is 8.78 Å². The van der Waals surface area contributed by atoms with Crippen LogP contribution in [0.25, 0.3) is 10.9 Å². The second-order valence-corrected chi connectivity index (χ2v) is 11.7. The third kappa shape index (κ3) is 4.94. The van der Waals surface area contributed by atoms with Crippen molar-refractivity contribution < 1.29 is 18.6 Å². The van der Waals surface area contributed by atoms with Gasteiger partial charge in [0, 0.05) is 37.3 Å². The number of fused-ring (bicyclic) bond motifs is 3. The molecular formula is C28H33ClF2N6O3. The van der Waals surface area contributed by atoms with E-state index in [-0.39, 0.29) is 29.9 Å². The first-order chi connectivity index (χ1) is 19.2. The number of benzene rings is 1. The molecular weight excluding hydrogens is 542 g/mol. The molecule has 1 saturated carbocycles. The van der Waals surface area contributed by atoms with E-state index in [4.69, 9.17) is 16.3 Å². The average Bonchev–Trinajstić information content (AvgIpc) is 3.77. The maximum atomic E-state index is 15.0. The molecule has 2 fully saturated rings. The summed E-state index contributed by atoms with van der Waals surface area (Å²) in [5.41, 5.74) is 1.07. The van der Waals surface area contributed by atoms with Crippen molar-refractivity contribution in [3.05, 3.63) is 39.8 Å². The minimum Gasteiger partial charge on any atom is -0.480 e. The van der Waals surface area contributed by atoms with E-state index < -0.39 is 24.1 Å². The van der Waals surface area contributed by atoms with Crippen molar-refractivity contribution in [2.45, 2.75) is 51.6 Å². The highest BCUT2D eigenvalue weighted by atomic mass is 35.5. The molecule has 0 amide bonds. The molecule has 0 unspecified atom stereocenters. The lowest BCUT2D eigenvalue weighted by Crippen LogP contribution is -2.44. The summed E-state index contributed by atoms with van der Waals surface area (Å²) in [5, 5.41) is 16.9. The Morgan fingerprint density at radius 2 is 2.10 bits per heavy atom. The Hall–Kier alpha value is -3.18. The van der Waals surface area contributed by atoms with Gasteiger partial charge in [-0.1, -0.05) is 18.5 Å². The van der Waals surface area contributed by atoms with E-state index in [0.717, 1.165) is 13.0 Å². The molecule has 0 spiro atoms. The number of anilines is 4. The van der Waals surface area contributed by atoms with Crippen LogP contribution in [0.3, 0.4) is 0 Å². The van der Waals surface area contributed by atoms with Gasteiger partial charge in [0.2, 0.25) is 11.7 Å². The molecule has 1 saturated heterocycles. The summed E-state index contributed by atoms with van der Waals surface area (Å²) in [4.78, 5) is 24.4. The Morgan fingerprint density at radius 1 is 1.30 bits per heavy atom. The molecule has 12 heteroatoms. The number of aromatic nitrogens is 3. The van der Waals surface area contributed by atoms with Gasteiger partial charge in [0.15, 0.2) is 12.4 Å². The minimum absolute atomic E-state index is 0.0886. The second-order valence-electron chi connectivity index (χ2n) is 11.3. The number of nitrogens with zero attached hydrogens (tertiary/aromatic N) is 4. The van der Waals surface area contributed by atoms with E-state index in [1.807, 2.05) is 6.92 Å². The fraction of sp³-hybridized carbons (Fsp3) is 0.536. The Kier molecular flexibility index (Phi) is 6.98. The van der Waals surface area contributed by atoms with Crippen molar-refractivity contribution in [2.75, 3.05) is 41.8 Å². The maximum absolute atomic E-state index is 15.0. The van der Waals surface area contributed by atoms with Gasteiger partial charge in [-0.05, 0) is 62.1 Å². The van der Waals surface area contributed by atoms with Crippen molar-refractivity contribution in [1.29, 1.82) is 0 Å². The molecule has 4 heterocycles. The Balaban J connectivity index is 1.39. The zero-order valence-corrected chi connectivity index (χ0v) is 23.2. The Bertz CT molecular complexity index is 1500. The molecule has 3 aromatic rings. The molecule has 3 atom stereocenters. The number of rotatable bonds is 6. The summed E-state index contributed by atoms with van der Waals surface area (Å²) in [7, 11) is 0. The van der Waals surface area contributed by atoms with Crippen LogP contribution in [0.5, 0.6) is 5.75 Å². The van der Waals surface area contributed by atoms with E-state index in [9.17, 15) is 9.90 Å². The van der Waals surface area contributed by atoms with Crippen LogP contribution >= 0.6 is 11.6 Å². The molecule has 2 aromatic heterocycles. The highest BCUT2D eigenvalue weighted by Gasteiger charge is 2.51. The fourth-order valence-corrected chi connectivity index (χ4v) is 6.16. The number of pyridine rings is 1. The van der Waals surface area contributed by atoms with Gasteiger partial charge in [-0.25, -0.2) is 13.8 Å². The monoisotopic (exact) mass is 574 g/mol. The molecule has 40 heavy (non-hydrogen) atoms. The van der Waals surface area contributed by atoms with Crippen molar-refractivity contribution >= 4 is 45.6 Å². The molecule has 214 valence electrons. The zero-order chi connectivity index (χ0) is 28.2. The molecule has 9 nitrogen and oxygen atoms in total. The van der Waals surface area contributed by atoms with Gasteiger partial charge >= 0.3 is 5.92 Å². The quantitative estimate of drug-likeness (QED) is 0.383. The predicted molar refractivity (Wildman–Crippen MR) is 151 cm³/mol. The summed E-state index contributed by atoms with van der Waals surface area (Å²) in [6, 6.07) is 4.27. The number of aliphatic hydroxyl groups excluding tert-OH is 1. The number of halogens is 3. The molecule has 2 aliphatic heterocycles. The third-order valence-corrected chi connectivity index (χ3v) is 8.35. The molecule has 0 bridgehead atoms. The number of nitrogens with one attached hydrogen (secondary N) is 2. The van der Waals surface area contributed by atoms with Crippen LogP contribution in [0.15, 0.2) is 29.2 Å². The normalized spacial score (nSPS) is 24.1.